The number of hydrogen-bond acceptors (Lipinski definition) is 1. The van der Waals surface area contributed by atoms with Crippen LogP contribution in [0, 0.1) is 23.2 Å². The Kier molecular flexibility index (Phi) is 1.61. The molecule has 3 unspecified atom stereocenters. The Bertz CT molecular complexity index is 217. The summed E-state index contributed by atoms with van der Waals surface area (Å²) in [6.45, 7) is 6.71. The summed E-state index contributed by atoms with van der Waals surface area (Å²) in [5.41, 5.74) is 0.482. The average molecular weight is 166 g/mol. The first-order valence-corrected chi connectivity index (χ1v) is 5.06. The van der Waals surface area contributed by atoms with Crippen molar-refractivity contribution in [2.75, 3.05) is 0 Å². The Morgan fingerprint density at radius 3 is 2.58 bits per heavy atom. The van der Waals surface area contributed by atoms with Crippen molar-refractivity contribution in [1.82, 2.24) is 0 Å². The van der Waals surface area contributed by atoms with Gasteiger partial charge in [-0.15, -0.1) is 0 Å². The van der Waals surface area contributed by atoms with Gasteiger partial charge in [0.05, 0.1) is 0 Å². The SMILES string of the molecule is CC1CCC2C(CC1=O)C2(C)C. The van der Waals surface area contributed by atoms with Crippen LogP contribution in [0.15, 0.2) is 0 Å². The van der Waals surface area contributed by atoms with Crippen molar-refractivity contribution in [1.29, 1.82) is 0 Å². The highest BCUT2D eigenvalue weighted by Crippen LogP contribution is 2.63. The average Bonchev–Trinajstić information content (AvgIpc) is 2.53. The molecule has 2 aliphatic carbocycles. The van der Waals surface area contributed by atoms with Crippen molar-refractivity contribution in [3.8, 4) is 0 Å². The van der Waals surface area contributed by atoms with Gasteiger partial charge < -0.3 is 0 Å². The van der Waals surface area contributed by atoms with Crippen LogP contribution in [-0.4, -0.2) is 5.78 Å². The number of carbonyl (C=O) groups excluding carboxylic acids is 1. The van der Waals surface area contributed by atoms with E-state index in [0.717, 1.165) is 24.7 Å². The Morgan fingerprint density at radius 1 is 1.25 bits per heavy atom. The van der Waals surface area contributed by atoms with Gasteiger partial charge in [0, 0.05) is 12.3 Å². The van der Waals surface area contributed by atoms with Crippen molar-refractivity contribution in [3.63, 3.8) is 0 Å². The van der Waals surface area contributed by atoms with Gasteiger partial charge >= 0.3 is 0 Å². The molecule has 68 valence electrons. The fraction of sp³-hybridized carbons (Fsp3) is 0.909. The van der Waals surface area contributed by atoms with E-state index < -0.39 is 0 Å². The normalized spacial score (nSPS) is 44.9. The second-order valence-corrected chi connectivity index (χ2v) is 5.18. The Morgan fingerprint density at radius 2 is 1.92 bits per heavy atom. The van der Waals surface area contributed by atoms with Crippen molar-refractivity contribution in [2.45, 2.75) is 40.0 Å². The molecular weight excluding hydrogens is 148 g/mol. The summed E-state index contributed by atoms with van der Waals surface area (Å²) in [4.78, 5) is 11.5. The summed E-state index contributed by atoms with van der Waals surface area (Å²) in [6, 6.07) is 0. The number of rotatable bonds is 0. The van der Waals surface area contributed by atoms with E-state index >= 15 is 0 Å². The number of hydrogen-bond donors (Lipinski definition) is 0. The zero-order chi connectivity index (χ0) is 8.93. The van der Waals surface area contributed by atoms with E-state index in [9.17, 15) is 4.79 Å². The molecule has 0 amide bonds. The van der Waals surface area contributed by atoms with Crippen LogP contribution in [0.1, 0.15) is 40.0 Å². The van der Waals surface area contributed by atoms with E-state index in [0.29, 0.717) is 17.1 Å². The first-order chi connectivity index (χ1) is 5.53. The minimum atomic E-state index is 0.341. The molecule has 3 atom stereocenters. The maximum atomic E-state index is 11.5. The van der Waals surface area contributed by atoms with Crippen molar-refractivity contribution in [2.24, 2.45) is 23.2 Å². The van der Waals surface area contributed by atoms with Gasteiger partial charge in [-0.05, 0) is 30.1 Å². The Hall–Kier alpha value is -0.330. The van der Waals surface area contributed by atoms with E-state index in [1.165, 1.54) is 6.42 Å². The Labute approximate surface area is 74.5 Å². The molecule has 12 heavy (non-hydrogen) atoms. The molecule has 0 aromatic heterocycles. The molecule has 0 N–H and O–H groups in total. The van der Waals surface area contributed by atoms with E-state index in [1.807, 2.05) is 0 Å². The first kappa shape index (κ1) is 8.28. The third-order valence-electron chi connectivity index (χ3n) is 4.17. The van der Waals surface area contributed by atoms with Gasteiger partial charge in [0.15, 0.2) is 0 Å². The fourth-order valence-electron chi connectivity index (χ4n) is 2.84. The second kappa shape index (κ2) is 2.34. The van der Waals surface area contributed by atoms with Crippen LogP contribution in [0.3, 0.4) is 0 Å². The topological polar surface area (TPSA) is 17.1 Å². The van der Waals surface area contributed by atoms with Gasteiger partial charge in [-0.1, -0.05) is 20.8 Å². The molecule has 1 nitrogen and oxygen atoms in total. The molecule has 0 spiro atoms. The van der Waals surface area contributed by atoms with E-state index in [4.69, 9.17) is 0 Å². The van der Waals surface area contributed by atoms with Gasteiger partial charge in [0.2, 0.25) is 0 Å². The summed E-state index contributed by atoms with van der Waals surface area (Å²) in [7, 11) is 0. The first-order valence-electron chi connectivity index (χ1n) is 5.06. The molecular formula is C11H18O. The minimum Gasteiger partial charge on any atom is -0.299 e. The number of Topliss-reactive ketones (excluding diaryl/α,β-unsaturated/α-hetero) is 1. The molecule has 0 aromatic carbocycles. The number of fused-ring (bicyclic) bond motifs is 1. The van der Waals surface area contributed by atoms with Gasteiger partial charge in [-0.3, -0.25) is 4.79 Å². The molecule has 2 fully saturated rings. The maximum absolute atomic E-state index is 11.5. The lowest BCUT2D eigenvalue weighted by Crippen LogP contribution is -2.11. The lowest BCUT2D eigenvalue weighted by Gasteiger charge is -2.10. The highest BCUT2D eigenvalue weighted by atomic mass is 16.1. The standard InChI is InChI=1S/C11H18O/c1-7-4-5-8-9(6-10(7)12)11(8,2)3/h7-9H,4-6H2,1-3H3. The van der Waals surface area contributed by atoms with Gasteiger partial charge in [0.25, 0.3) is 0 Å². The molecule has 1 heteroatoms. The second-order valence-electron chi connectivity index (χ2n) is 5.18. The highest BCUT2D eigenvalue weighted by molar-refractivity contribution is 5.81. The van der Waals surface area contributed by atoms with Crippen LogP contribution >= 0.6 is 0 Å². The predicted octanol–water partition coefficient (Wildman–Crippen LogP) is 2.65. The molecule has 0 bridgehead atoms. The summed E-state index contributed by atoms with van der Waals surface area (Å²) in [5.74, 6) is 2.42. The van der Waals surface area contributed by atoms with Crippen molar-refractivity contribution in [3.05, 3.63) is 0 Å². The van der Waals surface area contributed by atoms with Gasteiger partial charge in [0.1, 0.15) is 5.78 Å². The smallest absolute Gasteiger partial charge is 0.136 e. The lowest BCUT2D eigenvalue weighted by molar-refractivity contribution is -0.122. The Balaban J connectivity index is 2.09. The predicted molar refractivity (Wildman–Crippen MR) is 48.8 cm³/mol. The molecule has 2 rings (SSSR count). The summed E-state index contributed by atoms with van der Waals surface area (Å²) in [6.07, 6.45) is 3.27. The van der Waals surface area contributed by atoms with Crippen molar-refractivity contribution >= 4 is 5.78 Å². The molecule has 2 aliphatic rings. The van der Waals surface area contributed by atoms with E-state index in [1.54, 1.807) is 0 Å². The maximum Gasteiger partial charge on any atom is 0.136 e. The molecule has 0 heterocycles. The summed E-state index contributed by atoms with van der Waals surface area (Å²) < 4.78 is 0. The molecule has 0 aliphatic heterocycles. The van der Waals surface area contributed by atoms with Crippen LogP contribution in [0.2, 0.25) is 0 Å². The zero-order valence-electron chi connectivity index (χ0n) is 8.26. The van der Waals surface area contributed by atoms with Crippen LogP contribution in [0.5, 0.6) is 0 Å². The molecule has 0 saturated heterocycles. The van der Waals surface area contributed by atoms with E-state index in [2.05, 4.69) is 20.8 Å². The van der Waals surface area contributed by atoms with Crippen LogP contribution in [0.25, 0.3) is 0 Å². The minimum absolute atomic E-state index is 0.341. The van der Waals surface area contributed by atoms with Gasteiger partial charge in [-0.2, -0.15) is 0 Å². The quantitative estimate of drug-likeness (QED) is 0.540. The summed E-state index contributed by atoms with van der Waals surface area (Å²) in [5, 5.41) is 0. The van der Waals surface area contributed by atoms with Crippen LogP contribution in [0.4, 0.5) is 0 Å². The largest absolute Gasteiger partial charge is 0.299 e. The zero-order valence-corrected chi connectivity index (χ0v) is 8.26. The third-order valence-corrected chi connectivity index (χ3v) is 4.17. The molecule has 0 aromatic rings. The summed E-state index contributed by atoms with van der Waals surface area (Å²) >= 11 is 0. The lowest BCUT2D eigenvalue weighted by atomic mass is 9.94. The molecule has 0 radical (unpaired) electrons. The third kappa shape index (κ3) is 1.02. The van der Waals surface area contributed by atoms with Crippen molar-refractivity contribution < 1.29 is 4.79 Å². The fourth-order valence-corrected chi connectivity index (χ4v) is 2.84. The van der Waals surface area contributed by atoms with E-state index in [-0.39, 0.29) is 0 Å². The van der Waals surface area contributed by atoms with Crippen LogP contribution in [-0.2, 0) is 4.79 Å². The molecule has 2 saturated carbocycles. The number of ketones is 1. The van der Waals surface area contributed by atoms with Crippen LogP contribution < -0.4 is 0 Å². The van der Waals surface area contributed by atoms with Gasteiger partial charge in [-0.25, -0.2) is 0 Å². The highest BCUT2D eigenvalue weighted by Gasteiger charge is 2.58. The number of carbonyl (C=O) groups is 1. The monoisotopic (exact) mass is 166 g/mol.